The fourth-order valence-electron chi connectivity index (χ4n) is 3.22. The molecule has 1 aliphatic rings. The van der Waals surface area contributed by atoms with Gasteiger partial charge in [-0.3, -0.25) is 9.59 Å². The van der Waals surface area contributed by atoms with Crippen LogP contribution in [0.4, 0.5) is 5.69 Å². The molecule has 27 heavy (non-hydrogen) atoms. The van der Waals surface area contributed by atoms with E-state index in [4.69, 9.17) is 11.6 Å². The highest BCUT2D eigenvalue weighted by molar-refractivity contribution is 6.33. The second kappa shape index (κ2) is 9.42. The van der Waals surface area contributed by atoms with E-state index in [-0.39, 0.29) is 11.8 Å². The van der Waals surface area contributed by atoms with Crippen LogP contribution < -0.4 is 10.2 Å². The zero-order valence-corrected chi connectivity index (χ0v) is 16.0. The number of hydrogen-bond donors (Lipinski definition) is 1. The Morgan fingerprint density at radius 2 is 1.59 bits per heavy atom. The molecule has 6 heteroatoms. The number of nitrogens with one attached hydrogen (secondary N) is 1. The molecule has 0 saturated carbocycles. The zero-order valence-electron chi connectivity index (χ0n) is 15.2. The molecule has 0 bridgehead atoms. The van der Waals surface area contributed by atoms with E-state index in [0.717, 1.165) is 29.4 Å². The van der Waals surface area contributed by atoms with E-state index in [2.05, 4.69) is 10.2 Å². The summed E-state index contributed by atoms with van der Waals surface area (Å²) >= 11 is 6.25. The summed E-state index contributed by atoms with van der Waals surface area (Å²) in [6.07, 6.45) is 0.665. The van der Waals surface area contributed by atoms with E-state index in [9.17, 15) is 9.59 Å². The summed E-state index contributed by atoms with van der Waals surface area (Å²) in [5.74, 6) is 0.0198. The smallest absolute Gasteiger partial charge is 0.224 e. The Kier molecular flexibility index (Phi) is 6.71. The molecule has 0 aliphatic carbocycles. The molecule has 0 unspecified atom stereocenters. The lowest BCUT2D eigenvalue weighted by atomic mass is 10.1. The number of para-hydroxylation sites is 1. The van der Waals surface area contributed by atoms with Gasteiger partial charge in [0.1, 0.15) is 0 Å². The summed E-state index contributed by atoms with van der Waals surface area (Å²) in [6, 6.07) is 17.4. The van der Waals surface area contributed by atoms with Crippen LogP contribution in [0, 0.1) is 0 Å². The van der Waals surface area contributed by atoms with E-state index in [1.54, 1.807) is 0 Å². The fraction of sp³-hybridized carbons (Fsp3) is 0.333. The lowest BCUT2D eigenvalue weighted by Gasteiger charge is -2.36. The zero-order chi connectivity index (χ0) is 19.1. The number of benzene rings is 2. The highest BCUT2D eigenvalue weighted by Gasteiger charge is 2.22. The number of piperazine rings is 1. The molecule has 2 amide bonds. The second-order valence-corrected chi connectivity index (χ2v) is 6.99. The van der Waals surface area contributed by atoms with Crippen molar-refractivity contribution in [3.63, 3.8) is 0 Å². The number of carbonyl (C=O) groups is 2. The molecule has 0 atom stereocenters. The van der Waals surface area contributed by atoms with Gasteiger partial charge in [-0.25, -0.2) is 0 Å². The van der Waals surface area contributed by atoms with Crippen LogP contribution in [0.1, 0.15) is 12.0 Å². The Labute approximate surface area is 164 Å². The summed E-state index contributed by atoms with van der Waals surface area (Å²) in [7, 11) is 0. The predicted molar refractivity (Wildman–Crippen MR) is 108 cm³/mol. The Bertz CT molecular complexity index is 774. The van der Waals surface area contributed by atoms with Crippen molar-refractivity contribution in [1.82, 2.24) is 10.2 Å². The molecule has 0 spiro atoms. The van der Waals surface area contributed by atoms with Gasteiger partial charge < -0.3 is 15.1 Å². The van der Waals surface area contributed by atoms with Crippen LogP contribution in [0.25, 0.3) is 0 Å². The molecule has 5 nitrogen and oxygen atoms in total. The van der Waals surface area contributed by atoms with Crippen LogP contribution in [-0.4, -0.2) is 49.4 Å². The number of amides is 2. The lowest BCUT2D eigenvalue weighted by Crippen LogP contribution is -2.49. The van der Waals surface area contributed by atoms with Gasteiger partial charge in [-0.05, 0) is 17.7 Å². The minimum atomic E-state index is -0.0578. The van der Waals surface area contributed by atoms with Crippen molar-refractivity contribution in [2.45, 2.75) is 12.8 Å². The standard InChI is InChI=1S/C21H24ClN3O2/c22-18-8-4-5-9-19(18)24-12-14-25(15-13-24)21(27)10-11-23-20(26)16-17-6-2-1-3-7-17/h1-9H,10-16H2,(H,23,26). The summed E-state index contributed by atoms with van der Waals surface area (Å²) in [4.78, 5) is 28.4. The Balaban J connectivity index is 1.38. The molecule has 0 aromatic heterocycles. The molecule has 1 heterocycles. The quantitative estimate of drug-likeness (QED) is 0.831. The van der Waals surface area contributed by atoms with Crippen molar-refractivity contribution < 1.29 is 9.59 Å². The highest BCUT2D eigenvalue weighted by atomic mass is 35.5. The first-order valence-corrected chi connectivity index (χ1v) is 9.59. The first kappa shape index (κ1) is 19.2. The first-order chi connectivity index (χ1) is 13.1. The maximum Gasteiger partial charge on any atom is 0.224 e. The summed E-state index contributed by atoms with van der Waals surface area (Å²) in [5, 5.41) is 3.56. The average molecular weight is 386 g/mol. The number of nitrogens with zero attached hydrogens (tertiary/aromatic N) is 2. The van der Waals surface area contributed by atoms with E-state index in [1.165, 1.54) is 0 Å². The molecule has 2 aromatic rings. The van der Waals surface area contributed by atoms with E-state index in [1.807, 2.05) is 59.5 Å². The molecule has 2 aromatic carbocycles. The van der Waals surface area contributed by atoms with Gasteiger partial charge in [0.2, 0.25) is 11.8 Å². The van der Waals surface area contributed by atoms with Gasteiger partial charge >= 0.3 is 0 Å². The number of halogens is 1. The summed E-state index contributed by atoms with van der Waals surface area (Å²) in [5.41, 5.74) is 1.98. The first-order valence-electron chi connectivity index (χ1n) is 9.21. The third-order valence-electron chi connectivity index (χ3n) is 4.69. The average Bonchev–Trinajstić information content (AvgIpc) is 2.69. The maximum absolute atomic E-state index is 12.4. The second-order valence-electron chi connectivity index (χ2n) is 6.58. The van der Waals surface area contributed by atoms with Crippen molar-refractivity contribution in [3.05, 3.63) is 65.2 Å². The van der Waals surface area contributed by atoms with Gasteiger partial charge in [-0.15, -0.1) is 0 Å². The van der Waals surface area contributed by atoms with Gasteiger partial charge in [-0.1, -0.05) is 54.1 Å². The minimum absolute atomic E-state index is 0.0578. The van der Waals surface area contributed by atoms with Crippen LogP contribution in [0.2, 0.25) is 5.02 Å². The topological polar surface area (TPSA) is 52.7 Å². The van der Waals surface area contributed by atoms with Crippen LogP contribution in [0.15, 0.2) is 54.6 Å². The number of carbonyl (C=O) groups excluding carboxylic acids is 2. The van der Waals surface area contributed by atoms with Gasteiger partial charge in [-0.2, -0.15) is 0 Å². The molecule has 0 radical (unpaired) electrons. The monoisotopic (exact) mass is 385 g/mol. The SMILES string of the molecule is O=C(Cc1ccccc1)NCCC(=O)N1CCN(c2ccccc2Cl)CC1. The Hall–Kier alpha value is -2.53. The van der Waals surface area contributed by atoms with Crippen molar-refractivity contribution in [3.8, 4) is 0 Å². The molecular formula is C21H24ClN3O2. The molecule has 142 valence electrons. The van der Waals surface area contributed by atoms with Crippen LogP contribution in [0.3, 0.4) is 0 Å². The van der Waals surface area contributed by atoms with Crippen molar-refractivity contribution >= 4 is 29.1 Å². The largest absolute Gasteiger partial charge is 0.367 e. The minimum Gasteiger partial charge on any atom is -0.367 e. The maximum atomic E-state index is 12.4. The molecule has 3 rings (SSSR count). The summed E-state index contributed by atoms with van der Waals surface area (Å²) in [6.45, 7) is 3.23. The third kappa shape index (κ3) is 5.47. The van der Waals surface area contributed by atoms with E-state index < -0.39 is 0 Å². The van der Waals surface area contributed by atoms with Gasteiger partial charge in [0.05, 0.1) is 17.1 Å². The highest BCUT2D eigenvalue weighted by Crippen LogP contribution is 2.26. The molecule has 1 aliphatic heterocycles. The Morgan fingerprint density at radius 3 is 2.30 bits per heavy atom. The van der Waals surface area contributed by atoms with Crippen molar-refractivity contribution in [1.29, 1.82) is 0 Å². The number of hydrogen-bond acceptors (Lipinski definition) is 3. The molecular weight excluding hydrogens is 362 g/mol. The van der Waals surface area contributed by atoms with Crippen molar-refractivity contribution in [2.75, 3.05) is 37.6 Å². The van der Waals surface area contributed by atoms with E-state index in [0.29, 0.717) is 32.5 Å². The number of anilines is 1. The van der Waals surface area contributed by atoms with Crippen LogP contribution in [-0.2, 0) is 16.0 Å². The van der Waals surface area contributed by atoms with Crippen molar-refractivity contribution in [2.24, 2.45) is 0 Å². The van der Waals surface area contributed by atoms with Gasteiger partial charge in [0, 0.05) is 39.1 Å². The number of rotatable bonds is 6. The van der Waals surface area contributed by atoms with Gasteiger partial charge in [0.15, 0.2) is 0 Å². The van der Waals surface area contributed by atoms with Crippen LogP contribution in [0.5, 0.6) is 0 Å². The molecule has 1 fully saturated rings. The Morgan fingerprint density at radius 1 is 0.926 bits per heavy atom. The van der Waals surface area contributed by atoms with E-state index >= 15 is 0 Å². The predicted octanol–water partition coefficient (Wildman–Crippen LogP) is 2.74. The van der Waals surface area contributed by atoms with Gasteiger partial charge in [0.25, 0.3) is 0 Å². The normalized spacial score (nSPS) is 14.1. The fourth-order valence-corrected chi connectivity index (χ4v) is 3.47. The molecule has 1 saturated heterocycles. The van der Waals surface area contributed by atoms with Crippen LogP contribution >= 0.6 is 11.6 Å². The molecule has 1 N–H and O–H groups in total. The third-order valence-corrected chi connectivity index (χ3v) is 5.01. The summed E-state index contributed by atoms with van der Waals surface area (Å²) < 4.78 is 0. The lowest BCUT2D eigenvalue weighted by molar-refractivity contribution is -0.131.